The molecule has 0 amide bonds. The second-order valence-electron chi connectivity index (χ2n) is 4.85. The number of halogens is 1. The molecule has 0 aliphatic rings. The van der Waals surface area contributed by atoms with E-state index in [0.717, 1.165) is 18.0 Å². The topological polar surface area (TPSA) is 21.3 Å². The second kappa shape index (κ2) is 6.67. The Kier molecular flexibility index (Phi) is 4.91. The molecule has 1 N–H and O–H groups in total. The van der Waals surface area contributed by atoms with E-state index >= 15 is 0 Å². The summed E-state index contributed by atoms with van der Waals surface area (Å²) in [5.74, 6) is 0.834. The highest BCUT2D eigenvalue weighted by Crippen LogP contribution is 2.28. The van der Waals surface area contributed by atoms with Crippen molar-refractivity contribution < 1.29 is 4.74 Å². The molecule has 0 saturated heterocycles. The van der Waals surface area contributed by atoms with Gasteiger partial charge in [0.2, 0.25) is 0 Å². The quantitative estimate of drug-likeness (QED) is 0.839. The maximum absolute atomic E-state index is 6.05. The van der Waals surface area contributed by atoms with Gasteiger partial charge in [-0.25, -0.2) is 0 Å². The van der Waals surface area contributed by atoms with Crippen molar-refractivity contribution in [1.29, 1.82) is 0 Å². The van der Waals surface area contributed by atoms with Gasteiger partial charge in [0.1, 0.15) is 5.75 Å². The van der Waals surface area contributed by atoms with Crippen LogP contribution in [-0.4, -0.2) is 6.61 Å². The average Bonchev–Trinajstić information content (AvgIpc) is 2.43. The highest BCUT2D eigenvalue weighted by atomic mass is 35.5. The third-order valence-corrected chi connectivity index (χ3v) is 3.53. The fraction of sp³-hybridized carbons (Fsp3) is 0.294. The predicted molar refractivity (Wildman–Crippen MR) is 85.9 cm³/mol. The Morgan fingerprint density at radius 3 is 2.55 bits per heavy atom. The van der Waals surface area contributed by atoms with E-state index in [9.17, 15) is 0 Å². The normalized spacial score (nSPS) is 10.4. The fourth-order valence-electron chi connectivity index (χ4n) is 2.03. The van der Waals surface area contributed by atoms with Crippen LogP contribution in [-0.2, 0) is 6.54 Å². The van der Waals surface area contributed by atoms with Crippen LogP contribution in [0.4, 0.5) is 5.69 Å². The second-order valence-corrected chi connectivity index (χ2v) is 5.28. The zero-order valence-corrected chi connectivity index (χ0v) is 12.9. The summed E-state index contributed by atoms with van der Waals surface area (Å²) in [7, 11) is 0. The van der Waals surface area contributed by atoms with Gasteiger partial charge in [-0.05, 0) is 55.7 Å². The molecule has 0 aliphatic heterocycles. The number of ether oxygens (including phenoxy) is 1. The summed E-state index contributed by atoms with van der Waals surface area (Å²) in [5.41, 5.74) is 4.79. The molecule has 2 aromatic rings. The van der Waals surface area contributed by atoms with Gasteiger partial charge in [0.25, 0.3) is 0 Å². The van der Waals surface area contributed by atoms with Gasteiger partial charge in [0, 0.05) is 11.6 Å². The molecule has 0 fully saturated rings. The van der Waals surface area contributed by atoms with Crippen LogP contribution in [0.3, 0.4) is 0 Å². The molecule has 3 heteroatoms. The molecule has 0 radical (unpaired) electrons. The minimum Gasteiger partial charge on any atom is -0.492 e. The van der Waals surface area contributed by atoms with E-state index in [1.54, 1.807) is 0 Å². The van der Waals surface area contributed by atoms with Gasteiger partial charge in [-0.15, -0.1) is 0 Å². The van der Waals surface area contributed by atoms with Crippen molar-refractivity contribution in [3.8, 4) is 5.75 Å². The maximum atomic E-state index is 6.05. The Hall–Kier alpha value is -1.67. The lowest BCUT2D eigenvalue weighted by atomic mass is 10.1. The fourth-order valence-corrected chi connectivity index (χ4v) is 2.20. The van der Waals surface area contributed by atoms with E-state index in [2.05, 4.69) is 37.4 Å². The summed E-state index contributed by atoms with van der Waals surface area (Å²) in [5, 5.41) is 4.10. The summed E-state index contributed by atoms with van der Waals surface area (Å²) < 4.78 is 5.60. The Morgan fingerprint density at radius 1 is 1.05 bits per heavy atom. The van der Waals surface area contributed by atoms with Crippen molar-refractivity contribution in [1.82, 2.24) is 0 Å². The smallest absolute Gasteiger partial charge is 0.142 e. The van der Waals surface area contributed by atoms with Crippen molar-refractivity contribution in [3.05, 3.63) is 58.1 Å². The van der Waals surface area contributed by atoms with Crippen LogP contribution in [0.5, 0.6) is 5.75 Å². The Bertz CT molecular complexity index is 596. The number of aryl methyl sites for hydroxylation is 2. The van der Waals surface area contributed by atoms with Crippen LogP contribution in [0, 0.1) is 13.8 Å². The van der Waals surface area contributed by atoms with E-state index < -0.39 is 0 Å². The van der Waals surface area contributed by atoms with Gasteiger partial charge in [-0.2, -0.15) is 0 Å². The van der Waals surface area contributed by atoms with Gasteiger partial charge in [-0.1, -0.05) is 29.8 Å². The van der Waals surface area contributed by atoms with E-state index in [4.69, 9.17) is 16.3 Å². The number of anilines is 1. The molecule has 20 heavy (non-hydrogen) atoms. The molecule has 0 atom stereocenters. The first-order valence-electron chi connectivity index (χ1n) is 6.82. The summed E-state index contributed by atoms with van der Waals surface area (Å²) in [6, 6.07) is 12.1. The lowest BCUT2D eigenvalue weighted by Crippen LogP contribution is -2.03. The summed E-state index contributed by atoms with van der Waals surface area (Å²) >= 11 is 6.05. The molecular weight excluding hydrogens is 270 g/mol. The summed E-state index contributed by atoms with van der Waals surface area (Å²) in [4.78, 5) is 0. The highest BCUT2D eigenvalue weighted by molar-refractivity contribution is 6.30. The zero-order valence-electron chi connectivity index (χ0n) is 12.2. The Morgan fingerprint density at radius 2 is 1.85 bits per heavy atom. The standard InChI is InChI=1S/C17H20ClNO/c1-4-20-17-8-7-15(18)10-16(17)19-11-14-6-5-12(2)13(3)9-14/h5-10,19H,4,11H2,1-3H3. The Labute approximate surface area is 125 Å². The third-order valence-electron chi connectivity index (χ3n) is 3.30. The summed E-state index contributed by atoms with van der Waals surface area (Å²) in [6.07, 6.45) is 0. The first kappa shape index (κ1) is 14.7. The van der Waals surface area contributed by atoms with Gasteiger partial charge in [0.05, 0.1) is 12.3 Å². The van der Waals surface area contributed by atoms with Crippen LogP contribution in [0.2, 0.25) is 5.02 Å². The first-order chi connectivity index (χ1) is 9.60. The Balaban J connectivity index is 2.13. The third kappa shape index (κ3) is 3.67. The monoisotopic (exact) mass is 289 g/mol. The lowest BCUT2D eigenvalue weighted by molar-refractivity contribution is 0.341. The van der Waals surface area contributed by atoms with Gasteiger partial charge < -0.3 is 10.1 Å². The van der Waals surface area contributed by atoms with Crippen molar-refractivity contribution >= 4 is 17.3 Å². The molecular formula is C17H20ClNO. The number of nitrogens with one attached hydrogen (secondary N) is 1. The predicted octanol–water partition coefficient (Wildman–Crippen LogP) is 4.97. The molecule has 0 heterocycles. The van der Waals surface area contributed by atoms with Gasteiger partial charge in [-0.3, -0.25) is 0 Å². The molecule has 2 rings (SSSR count). The van der Waals surface area contributed by atoms with Gasteiger partial charge >= 0.3 is 0 Å². The van der Waals surface area contributed by atoms with Gasteiger partial charge in [0.15, 0.2) is 0 Å². The largest absolute Gasteiger partial charge is 0.492 e. The zero-order chi connectivity index (χ0) is 14.5. The maximum Gasteiger partial charge on any atom is 0.142 e. The molecule has 106 valence electrons. The van der Waals surface area contributed by atoms with Crippen molar-refractivity contribution in [2.75, 3.05) is 11.9 Å². The van der Waals surface area contributed by atoms with E-state index in [0.29, 0.717) is 11.6 Å². The molecule has 0 aliphatic carbocycles. The van der Waals surface area contributed by atoms with Crippen molar-refractivity contribution in [2.24, 2.45) is 0 Å². The van der Waals surface area contributed by atoms with E-state index in [-0.39, 0.29) is 0 Å². The van der Waals surface area contributed by atoms with Crippen molar-refractivity contribution in [2.45, 2.75) is 27.3 Å². The van der Waals surface area contributed by atoms with Crippen LogP contribution in [0.1, 0.15) is 23.6 Å². The lowest BCUT2D eigenvalue weighted by Gasteiger charge is -2.13. The SMILES string of the molecule is CCOc1ccc(Cl)cc1NCc1ccc(C)c(C)c1. The van der Waals surface area contributed by atoms with E-state index in [1.165, 1.54) is 16.7 Å². The highest BCUT2D eigenvalue weighted by Gasteiger charge is 2.04. The average molecular weight is 290 g/mol. The van der Waals surface area contributed by atoms with Crippen LogP contribution >= 0.6 is 11.6 Å². The van der Waals surface area contributed by atoms with Crippen LogP contribution in [0.15, 0.2) is 36.4 Å². The number of hydrogen-bond acceptors (Lipinski definition) is 2. The number of benzene rings is 2. The first-order valence-corrected chi connectivity index (χ1v) is 7.20. The summed E-state index contributed by atoms with van der Waals surface area (Å²) in [6.45, 7) is 7.61. The molecule has 0 saturated carbocycles. The van der Waals surface area contributed by atoms with Crippen LogP contribution in [0.25, 0.3) is 0 Å². The number of hydrogen-bond donors (Lipinski definition) is 1. The van der Waals surface area contributed by atoms with E-state index in [1.807, 2.05) is 25.1 Å². The molecule has 0 bridgehead atoms. The van der Waals surface area contributed by atoms with Crippen molar-refractivity contribution in [3.63, 3.8) is 0 Å². The molecule has 0 spiro atoms. The molecule has 2 aromatic carbocycles. The minimum absolute atomic E-state index is 0.639. The molecule has 0 unspecified atom stereocenters. The number of rotatable bonds is 5. The minimum atomic E-state index is 0.639. The molecule has 0 aromatic heterocycles. The van der Waals surface area contributed by atoms with Crippen LogP contribution < -0.4 is 10.1 Å². The molecule has 2 nitrogen and oxygen atoms in total.